The fourth-order valence-electron chi connectivity index (χ4n) is 1.10. The second kappa shape index (κ2) is 6.50. The number of esters is 1. The molecular formula is C11H16O4S. The molecule has 0 aromatic carbocycles. The van der Waals surface area contributed by atoms with Crippen molar-refractivity contribution in [2.75, 3.05) is 13.7 Å². The molecule has 0 radical (unpaired) electrons. The predicted octanol–water partition coefficient (Wildman–Crippen LogP) is 2.13. The lowest BCUT2D eigenvalue weighted by Crippen LogP contribution is -2.15. The molecule has 0 bridgehead atoms. The van der Waals surface area contributed by atoms with Gasteiger partial charge in [-0.15, -0.1) is 11.3 Å². The van der Waals surface area contributed by atoms with Crippen LogP contribution in [0.25, 0.3) is 0 Å². The lowest BCUT2D eigenvalue weighted by atomic mass is 10.3. The van der Waals surface area contributed by atoms with Crippen LogP contribution >= 0.6 is 11.3 Å². The van der Waals surface area contributed by atoms with Crippen molar-refractivity contribution in [2.24, 2.45) is 0 Å². The van der Waals surface area contributed by atoms with E-state index in [0.717, 1.165) is 12.8 Å². The summed E-state index contributed by atoms with van der Waals surface area (Å²) in [5.74, 6) is -0.599. The van der Waals surface area contributed by atoms with Crippen LogP contribution in [-0.2, 0) is 9.53 Å². The molecule has 4 nitrogen and oxygen atoms in total. The molecule has 1 aromatic heterocycles. The fraction of sp³-hybridized carbons (Fsp3) is 0.545. The Balaban J connectivity index is 2.49. The summed E-state index contributed by atoms with van der Waals surface area (Å²) in [6, 6.07) is 3.37. The Morgan fingerprint density at radius 3 is 2.88 bits per heavy atom. The molecule has 0 amide bonds. The molecule has 5 heteroatoms. The van der Waals surface area contributed by atoms with E-state index >= 15 is 0 Å². The molecule has 0 saturated carbocycles. The predicted molar refractivity (Wildman–Crippen MR) is 61.7 cm³/mol. The quantitative estimate of drug-likeness (QED) is 0.615. The summed E-state index contributed by atoms with van der Waals surface area (Å²) in [5.41, 5.74) is 0. The van der Waals surface area contributed by atoms with E-state index in [0.29, 0.717) is 16.5 Å². The highest BCUT2D eigenvalue weighted by atomic mass is 32.1. The zero-order chi connectivity index (χ0) is 12.0. The fourth-order valence-corrected chi connectivity index (χ4v) is 1.90. The molecule has 0 unspecified atom stereocenters. The van der Waals surface area contributed by atoms with Crippen molar-refractivity contribution >= 4 is 17.3 Å². The van der Waals surface area contributed by atoms with Gasteiger partial charge in [-0.1, -0.05) is 13.3 Å². The molecule has 0 aliphatic rings. The van der Waals surface area contributed by atoms with Crippen molar-refractivity contribution in [1.29, 1.82) is 0 Å². The van der Waals surface area contributed by atoms with E-state index in [1.54, 1.807) is 19.2 Å². The van der Waals surface area contributed by atoms with Gasteiger partial charge < -0.3 is 14.6 Å². The first kappa shape index (κ1) is 13.0. The summed E-state index contributed by atoms with van der Waals surface area (Å²) in [6.07, 6.45) is 0.563. The summed E-state index contributed by atoms with van der Waals surface area (Å²) in [5, 5.41) is 10.3. The largest absolute Gasteiger partial charge is 0.487 e. The molecule has 0 spiro atoms. The van der Waals surface area contributed by atoms with Crippen LogP contribution in [-0.4, -0.2) is 24.8 Å². The Hall–Kier alpha value is -1.07. The van der Waals surface area contributed by atoms with Gasteiger partial charge >= 0.3 is 5.97 Å². The number of ether oxygens (including phenoxy) is 2. The van der Waals surface area contributed by atoms with Gasteiger partial charge in [0, 0.05) is 4.88 Å². The zero-order valence-corrected chi connectivity index (χ0v) is 10.3. The minimum Gasteiger partial charge on any atom is -0.487 e. The monoisotopic (exact) mass is 244 g/mol. The first-order valence-electron chi connectivity index (χ1n) is 5.17. The molecule has 0 fully saturated rings. The summed E-state index contributed by atoms with van der Waals surface area (Å²) in [4.78, 5) is 11.9. The van der Waals surface area contributed by atoms with E-state index in [1.807, 2.05) is 6.92 Å². The van der Waals surface area contributed by atoms with Crippen molar-refractivity contribution in [3.05, 3.63) is 17.0 Å². The van der Waals surface area contributed by atoms with Crippen molar-refractivity contribution in [2.45, 2.75) is 25.9 Å². The topological polar surface area (TPSA) is 55.8 Å². The van der Waals surface area contributed by atoms with E-state index < -0.39 is 12.1 Å². The van der Waals surface area contributed by atoms with Crippen LogP contribution in [0.1, 0.15) is 30.7 Å². The van der Waals surface area contributed by atoms with E-state index in [2.05, 4.69) is 0 Å². The summed E-state index contributed by atoms with van der Waals surface area (Å²) in [7, 11) is 1.54. The Morgan fingerprint density at radius 2 is 2.31 bits per heavy atom. The highest BCUT2D eigenvalue weighted by molar-refractivity contribution is 7.14. The van der Waals surface area contributed by atoms with Gasteiger partial charge in [0.05, 0.1) is 13.7 Å². The third kappa shape index (κ3) is 3.50. The van der Waals surface area contributed by atoms with Crippen LogP contribution in [0.3, 0.4) is 0 Å². The summed E-state index contributed by atoms with van der Waals surface area (Å²) in [6.45, 7) is 2.36. The average Bonchev–Trinajstić information content (AvgIpc) is 2.76. The number of thiophene rings is 1. The highest BCUT2D eigenvalue weighted by Gasteiger charge is 2.20. The van der Waals surface area contributed by atoms with Crippen LogP contribution < -0.4 is 4.74 Å². The van der Waals surface area contributed by atoms with Gasteiger partial charge in [0.15, 0.2) is 11.2 Å². The molecule has 0 saturated heterocycles. The Bertz CT molecular complexity index is 334. The van der Waals surface area contributed by atoms with E-state index in [9.17, 15) is 9.90 Å². The number of unbranched alkanes of at least 4 members (excludes halogenated alkanes) is 1. The normalized spacial score (nSPS) is 12.2. The molecule has 1 N–H and O–H groups in total. The molecule has 0 aliphatic heterocycles. The number of hydrogen-bond acceptors (Lipinski definition) is 5. The van der Waals surface area contributed by atoms with Gasteiger partial charge in [0.1, 0.15) is 0 Å². The molecule has 0 aliphatic carbocycles. The van der Waals surface area contributed by atoms with E-state index in [-0.39, 0.29) is 0 Å². The first-order chi connectivity index (χ1) is 7.69. The number of rotatable bonds is 6. The minimum absolute atomic E-state index is 0.356. The van der Waals surface area contributed by atoms with Crippen LogP contribution in [0.15, 0.2) is 12.1 Å². The Kier molecular flexibility index (Phi) is 5.28. The number of carbonyl (C=O) groups is 1. The van der Waals surface area contributed by atoms with Crippen LogP contribution in [0.5, 0.6) is 5.06 Å². The second-order valence-electron chi connectivity index (χ2n) is 3.28. The maximum Gasteiger partial charge on any atom is 0.340 e. The van der Waals surface area contributed by atoms with Crippen LogP contribution in [0.2, 0.25) is 0 Å². The SMILES string of the molecule is CCCCOC(=O)[C@@H](O)c1ccc(OC)s1. The first-order valence-corrected chi connectivity index (χ1v) is 5.99. The molecule has 1 aromatic rings. The van der Waals surface area contributed by atoms with E-state index in [1.165, 1.54) is 11.3 Å². The third-order valence-corrected chi connectivity index (χ3v) is 3.14. The van der Waals surface area contributed by atoms with Gasteiger partial charge in [0.2, 0.25) is 0 Å². The number of hydrogen-bond donors (Lipinski definition) is 1. The number of methoxy groups -OCH3 is 1. The van der Waals surface area contributed by atoms with Crippen molar-refractivity contribution in [1.82, 2.24) is 0 Å². The molecule has 1 rings (SSSR count). The lowest BCUT2D eigenvalue weighted by Gasteiger charge is -2.08. The summed E-state index contributed by atoms with van der Waals surface area (Å²) >= 11 is 1.24. The van der Waals surface area contributed by atoms with Gasteiger partial charge in [-0.2, -0.15) is 0 Å². The third-order valence-electron chi connectivity index (χ3n) is 2.04. The molecule has 90 valence electrons. The summed E-state index contributed by atoms with van der Waals surface area (Å²) < 4.78 is 9.90. The van der Waals surface area contributed by atoms with Gasteiger partial charge in [-0.3, -0.25) is 0 Å². The van der Waals surface area contributed by atoms with Gasteiger partial charge in [-0.05, 0) is 18.6 Å². The number of carbonyl (C=O) groups excluding carboxylic acids is 1. The van der Waals surface area contributed by atoms with Crippen molar-refractivity contribution in [3.8, 4) is 5.06 Å². The average molecular weight is 244 g/mol. The van der Waals surface area contributed by atoms with Gasteiger partial charge in [-0.25, -0.2) is 4.79 Å². The minimum atomic E-state index is -1.20. The molecule has 16 heavy (non-hydrogen) atoms. The van der Waals surface area contributed by atoms with Gasteiger partial charge in [0.25, 0.3) is 0 Å². The zero-order valence-electron chi connectivity index (χ0n) is 9.43. The van der Waals surface area contributed by atoms with E-state index in [4.69, 9.17) is 9.47 Å². The standard InChI is InChI=1S/C11H16O4S/c1-3-4-7-15-11(13)10(12)8-5-6-9(14-2)16-8/h5-6,10,12H,3-4,7H2,1-2H3/t10-/m0/s1. The van der Waals surface area contributed by atoms with Crippen LogP contribution in [0.4, 0.5) is 0 Å². The maximum absolute atomic E-state index is 11.4. The Labute approximate surface area is 98.8 Å². The number of aliphatic hydroxyl groups excluding tert-OH is 1. The molecular weight excluding hydrogens is 228 g/mol. The van der Waals surface area contributed by atoms with Crippen molar-refractivity contribution < 1.29 is 19.4 Å². The Morgan fingerprint density at radius 1 is 1.56 bits per heavy atom. The van der Waals surface area contributed by atoms with Crippen LogP contribution in [0, 0.1) is 0 Å². The second-order valence-corrected chi connectivity index (χ2v) is 4.36. The lowest BCUT2D eigenvalue weighted by molar-refractivity contribution is -0.153. The molecule has 1 atom stereocenters. The maximum atomic E-state index is 11.4. The highest BCUT2D eigenvalue weighted by Crippen LogP contribution is 2.29. The van der Waals surface area contributed by atoms with Crippen molar-refractivity contribution in [3.63, 3.8) is 0 Å². The smallest absolute Gasteiger partial charge is 0.340 e. The molecule has 1 heterocycles. The number of aliphatic hydroxyl groups is 1.